The molecule has 3 N–H and O–H groups in total. The minimum Gasteiger partial charge on any atom is -0.479 e. The average molecular weight is 308 g/mol. The lowest BCUT2D eigenvalue weighted by atomic mass is 10.1. The number of rotatable bonds is 6. The highest BCUT2D eigenvalue weighted by Gasteiger charge is 2.29. The second kappa shape index (κ2) is 8.02. The highest BCUT2D eigenvalue weighted by atomic mass is 16.6. The highest BCUT2D eigenvalue weighted by Crippen LogP contribution is 2.13. The standard InChI is InChI=1S/C15H20N2O5/c1-9(2)12(13(18)17-15(16)20)22-14(19)10(3)21-11-7-5-4-6-8-11/h4-10,12H,1-3H3,(H3,16,17,18,20)/t10-,12-/m1/s1. The molecule has 0 aliphatic carbocycles. The largest absolute Gasteiger partial charge is 0.479 e. The van der Waals surface area contributed by atoms with Crippen LogP contribution in [0.15, 0.2) is 30.3 Å². The van der Waals surface area contributed by atoms with E-state index in [1.165, 1.54) is 6.92 Å². The maximum Gasteiger partial charge on any atom is 0.347 e. The average Bonchev–Trinajstić information content (AvgIpc) is 2.44. The van der Waals surface area contributed by atoms with Crippen molar-refractivity contribution in [1.29, 1.82) is 0 Å². The Kier molecular flexibility index (Phi) is 6.37. The molecule has 1 aromatic carbocycles. The number of carbonyl (C=O) groups excluding carboxylic acids is 3. The van der Waals surface area contributed by atoms with Crippen molar-refractivity contribution in [1.82, 2.24) is 5.32 Å². The molecule has 1 rings (SSSR count). The van der Waals surface area contributed by atoms with Crippen LogP contribution in [0.5, 0.6) is 5.75 Å². The molecule has 0 aromatic heterocycles. The van der Waals surface area contributed by atoms with Crippen molar-refractivity contribution in [3.05, 3.63) is 30.3 Å². The lowest BCUT2D eigenvalue weighted by molar-refractivity contribution is -0.164. The summed E-state index contributed by atoms with van der Waals surface area (Å²) in [6, 6.07) is 7.75. The Bertz CT molecular complexity index is 530. The molecule has 7 nitrogen and oxygen atoms in total. The number of benzene rings is 1. The first-order valence-electron chi connectivity index (χ1n) is 6.83. The van der Waals surface area contributed by atoms with E-state index in [4.69, 9.17) is 15.2 Å². The quantitative estimate of drug-likeness (QED) is 0.768. The summed E-state index contributed by atoms with van der Waals surface area (Å²) in [4.78, 5) is 34.5. The molecule has 0 aliphatic heterocycles. The van der Waals surface area contributed by atoms with Gasteiger partial charge in [0.1, 0.15) is 5.75 Å². The van der Waals surface area contributed by atoms with Crippen LogP contribution < -0.4 is 15.8 Å². The van der Waals surface area contributed by atoms with Crippen molar-refractivity contribution in [2.75, 3.05) is 0 Å². The van der Waals surface area contributed by atoms with Crippen LogP contribution in [-0.2, 0) is 14.3 Å². The van der Waals surface area contributed by atoms with Gasteiger partial charge < -0.3 is 15.2 Å². The van der Waals surface area contributed by atoms with Crippen LogP contribution in [0.3, 0.4) is 0 Å². The van der Waals surface area contributed by atoms with Gasteiger partial charge in [-0.25, -0.2) is 9.59 Å². The maximum absolute atomic E-state index is 12.0. The number of imide groups is 1. The summed E-state index contributed by atoms with van der Waals surface area (Å²) in [7, 11) is 0. The van der Waals surface area contributed by atoms with Gasteiger partial charge in [-0.1, -0.05) is 32.0 Å². The van der Waals surface area contributed by atoms with Gasteiger partial charge in [-0.15, -0.1) is 0 Å². The molecule has 3 amide bonds. The van der Waals surface area contributed by atoms with Gasteiger partial charge in [0.15, 0.2) is 12.2 Å². The fraction of sp³-hybridized carbons (Fsp3) is 0.400. The minimum absolute atomic E-state index is 0.327. The molecule has 0 aliphatic rings. The Labute approximate surface area is 128 Å². The first-order valence-corrected chi connectivity index (χ1v) is 6.83. The van der Waals surface area contributed by atoms with Crippen molar-refractivity contribution >= 4 is 17.9 Å². The number of amides is 3. The van der Waals surface area contributed by atoms with Crippen LogP contribution in [0.1, 0.15) is 20.8 Å². The second-order valence-corrected chi connectivity index (χ2v) is 5.03. The summed E-state index contributed by atoms with van der Waals surface area (Å²) in [6.07, 6.45) is -2.02. The van der Waals surface area contributed by atoms with Crippen LogP contribution in [0.25, 0.3) is 0 Å². The molecule has 0 spiro atoms. The van der Waals surface area contributed by atoms with E-state index in [1.807, 2.05) is 11.4 Å². The number of urea groups is 1. The second-order valence-electron chi connectivity index (χ2n) is 5.03. The van der Waals surface area contributed by atoms with Crippen molar-refractivity contribution in [2.45, 2.75) is 33.0 Å². The number of nitrogens with one attached hydrogen (secondary N) is 1. The Morgan fingerprint density at radius 2 is 1.68 bits per heavy atom. The Morgan fingerprint density at radius 1 is 1.09 bits per heavy atom. The third kappa shape index (κ3) is 5.43. The molecule has 0 unspecified atom stereocenters. The van der Waals surface area contributed by atoms with Gasteiger partial charge in [0.25, 0.3) is 5.91 Å². The normalized spacial score (nSPS) is 13.1. The summed E-state index contributed by atoms with van der Waals surface area (Å²) in [6.45, 7) is 4.88. The smallest absolute Gasteiger partial charge is 0.347 e. The van der Waals surface area contributed by atoms with Crippen LogP contribution in [0.2, 0.25) is 0 Å². The molecule has 0 saturated carbocycles. The number of ether oxygens (including phenoxy) is 2. The number of hydrogen-bond donors (Lipinski definition) is 2. The number of primary amides is 1. The van der Waals surface area contributed by atoms with Gasteiger partial charge >= 0.3 is 12.0 Å². The first kappa shape index (κ1) is 17.5. The van der Waals surface area contributed by atoms with Crippen LogP contribution in [0, 0.1) is 5.92 Å². The Hall–Kier alpha value is -2.57. The van der Waals surface area contributed by atoms with E-state index >= 15 is 0 Å². The maximum atomic E-state index is 12.0. The van der Waals surface area contributed by atoms with Gasteiger partial charge in [0.2, 0.25) is 0 Å². The van der Waals surface area contributed by atoms with E-state index in [9.17, 15) is 14.4 Å². The molecule has 0 radical (unpaired) electrons. The zero-order valence-electron chi connectivity index (χ0n) is 12.7. The number of carbonyl (C=O) groups is 3. The molecule has 0 bridgehead atoms. The lowest BCUT2D eigenvalue weighted by Gasteiger charge is -2.22. The molecular formula is C15H20N2O5. The number of esters is 1. The molecule has 22 heavy (non-hydrogen) atoms. The fourth-order valence-corrected chi connectivity index (χ4v) is 1.66. The van der Waals surface area contributed by atoms with Crippen molar-refractivity contribution in [3.8, 4) is 5.75 Å². The van der Waals surface area contributed by atoms with E-state index in [0.29, 0.717) is 5.75 Å². The van der Waals surface area contributed by atoms with Gasteiger partial charge in [0, 0.05) is 0 Å². The van der Waals surface area contributed by atoms with E-state index in [0.717, 1.165) is 0 Å². The van der Waals surface area contributed by atoms with Crippen molar-refractivity contribution in [2.24, 2.45) is 11.7 Å². The summed E-state index contributed by atoms with van der Waals surface area (Å²) >= 11 is 0. The fourth-order valence-electron chi connectivity index (χ4n) is 1.66. The molecule has 2 atom stereocenters. The molecule has 120 valence electrons. The van der Waals surface area contributed by atoms with E-state index in [2.05, 4.69) is 0 Å². The summed E-state index contributed by atoms with van der Waals surface area (Å²) < 4.78 is 10.5. The molecule has 0 fully saturated rings. The van der Waals surface area contributed by atoms with Crippen LogP contribution >= 0.6 is 0 Å². The van der Waals surface area contributed by atoms with Crippen LogP contribution in [-0.4, -0.2) is 30.1 Å². The number of hydrogen-bond acceptors (Lipinski definition) is 5. The monoisotopic (exact) mass is 308 g/mol. The summed E-state index contributed by atoms with van der Waals surface area (Å²) in [5.74, 6) is -1.29. The van der Waals surface area contributed by atoms with Gasteiger partial charge in [-0.3, -0.25) is 10.1 Å². The third-order valence-corrected chi connectivity index (χ3v) is 2.74. The molecule has 0 saturated heterocycles. The van der Waals surface area contributed by atoms with Crippen LogP contribution in [0.4, 0.5) is 4.79 Å². The number of nitrogens with two attached hydrogens (primary N) is 1. The van der Waals surface area contributed by atoms with Gasteiger partial charge in [0.05, 0.1) is 0 Å². The van der Waals surface area contributed by atoms with Gasteiger partial charge in [-0.05, 0) is 25.0 Å². The zero-order chi connectivity index (χ0) is 16.7. The highest BCUT2D eigenvalue weighted by molar-refractivity contribution is 5.96. The van der Waals surface area contributed by atoms with E-state index < -0.39 is 30.1 Å². The van der Waals surface area contributed by atoms with Gasteiger partial charge in [-0.2, -0.15) is 0 Å². The number of para-hydroxylation sites is 1. The Morgan fingerprint density at radius 3 is 2.18 bits per heavy atom. The molecule has 7 heteroatoms. The predicted octanol–water partition coefficient (Wildman–Crippen LogP) is 1.22. The summed E-state index contributed by atoms with van der Waals surface area (Å²) in [5.41, 5.74) is 4.89. The lowest BCUT2D eigenvalue weighted by Crippen LogP contribution is -2.46. The predicted molar refractivity (Wildman–Crippen MR) is 79.0 cm³/mol. The van der Waals surface area contributed by atoms with Crippen molar-refractivity contribution in [3.63, 3.8) is 0 Å². The molecule has 1 aromatic rings. The topological polar surface area (TPSA) is 108 Å². The minimum atomic E-state index is -1.12. The van der Waals surface area contributed by atoms with E-state index in [1.54, 1.807) is 38.1 Å². The summed E-state index contributed by atoms with van der Waals surface area (Å²) in [5, 5.41) is 1.90. The van der Waals surface area contributed by atoms with E-state index in [-0.39, 0.29) is 5.92 Å². The SMILES string of the molecule is CC(C)[C@@H](OC(=O)[C@@H](C)Oc1ccccc1)C(=O)NC(N)=O. The van der Waals surface area contributed by atoms with Crippen molar-refractivity contribution < 1.29 is 23.9 Å². The molecule has 0 heterocycles. The Balaban J connectivity index is 2.66. The zero-order valence-corrected chi connectivity index (χ0v) is 12.7. The first-order chi connectivity index (χ1) is 10.3. The third-order valence-electron chi connectivity index (χ3n) is 2.74. The molecular weight excluding hydrogens is 288 g/mol.